The summed E-state index contributed by atoms with van der Waals surface area (Å²) in [5.74, 6) is 0.467. The van der Waals surface area contributed by atoms with E-state index in [0.717, 1.165) is 38.0 Å². The van der Waals surface area contributed by atoms with Gasteiger partial charge in [-0.25, -0.2) is 0 Å². The summed E-state index contributed by atoms with van der Waals surface area (Å²) in [6.45, 7) is 7.99. The molecule has 1 aromatic carbocycles. The highest BCUT2D eigenvalue weighted by Gasteiger charge is 2.24. The minimum Gasteiger partial charge on any atom is -0.395 e. The summed E-state index contributed by atoms with van der Waals surface area (Å²) in [6.07, 6.45) is 2.67. The molecule has 0 saturated carbocycles. The van der Waals surface area contributed by atoms with Crippen LogP contribution in [0.15, 0.2) is 24.3 Å². The molecule has 0 bridgehead atoms. The van der Waals surface area contributed by atoms with Gasteiger partial charge >= 0.3 is 0 Å². The number of benzene rings is 1. The van der Waals surface area contributed by atoms with E-state index < -0.39 is 0 Å². The smallest absolute Gasteiger partial charge is 0.137 e. The van der Waals surface area contributed by atoms with Crippen molar-refractivity contribution in [3.63, 3.8) is 0 Å². The van der Waals surface area contributed by atoms with Gasteiger partial charge in [-0.05, 0) is 56.3 Å². The predicted octanol–water partition coefficient (Wildman–Crippen LogP) is 3.81. The lowest BCUT2D eigenvalue weighted by Gasteiger charge is -2.30. The van der Waals surface area contributed by atoms with Gasteiger partial charge in [0.25, 0.3) is 0 Å². The molecule has 2 rings (SSSR count). The van der Waals surface area contributed by atoms with Crippen LogP contribution in [-0.4, -0.2) is 43.3 Å². The van der Waals surface area contributed by atoms with Crippen LogP contribution in [0, 0.1) is 5.92 Å². The molecule has 2 N–H and O–H groups in total. The van der Waals surface area contributed by atoms with E-state index in [1.807, 2.05) is 38.1 Å². The zero-order valence-corrected chi connectivity index (χ0v) is 16.4. The number of Topliss-reactive ketones (excluding diaryl/α,β-unsaturated/α-hetero) is 1. The molecule has 0 radical (unpaired) electrons. The molecule has 25 heavy (non-hydrogen) atoms. The Kier molecular flexibility index (Phi) is 11.0. The summed E-state index contributed by atoms with van der Waals surface area (Å²) >= 11 is 5.91. The first-order valence-electron chi connectivity index (χ1n) is 9.29. The molecule has 0 aliphatic carbocycles. The Balaban J connectivity index is 0.00000151. The third-order valence-corrected chi connectivity index (χ3v) is 4.89. The molecule has 0 amide bonds. The SMILES string of the molecule is CC.CC(=O)[C@H](CCNC(CO)C1CCOCC1)c1ccc(Cl)cc1. The molecule has 1 fully saturated rings. The first-order valence-corrected chi connectivity index (χ1v) is 9.67. The number of hydrogen-bond donors (Lipinski definition) is 2. The van der Waals surface area contributed by atoms with E-state index in [1.54, 1.807) is 6.92 Å². The van der Waals surface area contributed by atoms with Crippen LogP contribution in [0.4, 0.5) is 0 Å². The lowest BCUT2D eigenvalue weighted by molar-refractivity contribution is -0.118. The molecule has 4 nitrogen and oxygen atoms in total. The fraction of sp³-hybridized carbons (Fsp3) is 0.650. The van der Waals surface area contributed by atoms with Gasteiger partial charge in [0.1, 0.15) is 5.78 Å². The number of nitrogens with one attached hydrogen (secondary N) is 1. The molecule has 1 heterocycles. The molecule has 1 aromatic rings. The first-order chi connectivity index (χ1) is 12.1. The average Bonchev–Trinajstić information content (AvgIpc) is 2.65. The standard InChI is InChI=1S/C18H26ClNO3.C2H6/c1-13(22)17(14-2-4-16(19)5-3-14)6-9-20-18(12-21)15-7-10-23-11-8-15;1-2/h2-5,15,17-18,20-21H,6-12H2,1H3;1-2H3/t17-,18?;/m0./s1. The lowest BCUT2D eigenvalue weighted by Crippen LogP contribution is -2.42. The van der Waals surface area contributed by atoms with Crippen molar-refractivity contribution >= 4 is 17.4 Å². The van der Waals surface area contributed by atoms with Crippen LogP contribution in [-0.2, 0) is 9.53 Å². The number of aliphatic hydroxyl groups is 1. The molecule has 1 saturated heterocycles. The maximum atomic E-state index is 11.9. The fourth-order valence-electron chi connectivity index (χ4n) is 3.21. The normalized spacial score (nSPS) is 17.3. The Morgan fingerprint density at radius 2 is 1.88 bits per heavy atom. The maximum Gasteiger partial charge on any atom is 0.137 e. The summed E-state index contributed by atoms with van der Waals surface area (Å²) in [5, 5.41) is 13.7. The molecular weight excluding hydrogens is 338 g/mol. The van der Waals surface area contributed by atoms with Gasteiger partial charge in [0, 0.05) is 30.2 Å². The van der Waals surface area contributed by atoms with Gasteiger partial charge < -0.3 is 15.2 Å². The van der Waals surface area contributed by atoms with E-state index >= 15 is 0 Å². The van der Waals surface area contributed by atoms with E-state index in [-0.39, 0.29) is 24.3 Å². The Bertz CT molecular complexity index is 486. The molecule has 5 heteroatoms. The second-order valence-corrected chi connectivity index (χ2v) is 6.63. The lowest BCUT2D eigenvalue weighted by atomic mass is 9.90. The molecule has 142 valence electrons. The van der Waals surface area contributed by atoms with Crippen molar-refractivity contribution < 1.29 is 14.6 Å². The maximum absolute atomic E-state index is 11.9. The van der Waals surface area contributed by atoms with Crippen LogP contribution in [0.2, 0.25) is 5.02 Å². The van der Waals surface area contributed by atoms with E-state index in [9.17, 15) is 9.90 Å². The number of halogens is 1. The van der Waals surface area contributed by atoms with Crippen molar-refractivity contribution in [3.8, 4) is 0 Å². The monoisotopic (exact) mass is 369 g/mol. The van der Waals surface area contributed by atoms with Crippen LogP contribution in [0.5, 0.6) is 0 Å². The molecule has 0 aromatic heterocycles. The van der Waals surface area contributed by atoms with E-state index in [0.29, 0.717) is 17.5 Å². The Labute approximate surface area is 156 Å². The van der Waals surface area contributed by atoms with E-state index in [1.165, 1.54) is 0 Å². The highest BCUT2D eigenvalue weighted by Crippen LogP contribution is 2.23. The number of aliphatic hydroxyl groups excluding tert-OH is 1. The van der Waals surface area contributed by atoms with Gasteiger partial charge in [-0.15, -0.1) is 0 Å². The quantitative estimate of drug-likeness (QED) is 0.731. The van der Waals surface area contributed by atoms with Crippen LogP contribution in [0.1, 0.15) is 51.5 Å². The summed E-state index contributed by atoms with van der Waals surface area (Å²) in [6, 6.07) is 7.54. The van der Waals surface area contributed by atoms with Crippen molar-refractivity contribution in [2.24, 2.45) is 5.92 Å². The number of ketones is 1. The summed E-state index contributed by atoms with van der Waals surface area (Å²) < 4.78 is 5.37. The molecule has 1 aliphatic heterocycles. The summed E-state index contributed by atoms with van der Waals surface area (Å²) in [4.78, 5) is 11.9. The highest BCUT2D eigenvalue weighted by molar-refractivity contribution is 6.30. The Morgan fingerprint density at radius 3 is 2.40 bits per heavy atom. The number of carbonyl (C=O) groups excluding carboxylic acids is 1. The van der Waals surface area contributed by atoms with E-state index in [4.69, 9.17) is 16.3 Å². The van der Waals surface area contributed by atoms with Crippen molar-refractivity contribution in [3.05, 3.63) is 34.9 Å². The Morgan fingerprint density at radius 1 is 1.28 bits per heavy atom. The van der Waals surface area contributed by atoms with Crippen molar-refractivity contribution in [1.29, 1.82) is 0 Å². The number of hydrogen-bond acceptors (Lipinski definition) is 4. The van der Waals surface area contributed by atoms with Gasteiger partial charge in [0.15, 0.2) is 0 Å². The van der Waals surface area contributed by atoms with Gasteiger partial charge in [-0.2, -0.15) is 0 Å². The van der Waals surface area contributed by atoms with Crippen LogP contribution in [0.25, 0.3) is 0 Å². The van der Waals surface area contributed by atoms with Crippen LogP contribution < -0.4 is 5.32 Å². The molecule has 1 aliphatic rings. The Hall–Kier alpha value is -0.940. The minimum atomic E-state index is -0.131. The summed E-state index contributed by atoms with van der Waals surface area (Å²) in [7, 11) is 0. The summed E-state index contributed by atoms with van der Waals surface area (Å²) in [5.41, 5.74) is 0.996. The van der Waals surface area contributed by atoms with Crippen molar-refractivity contribution in [2.45, 2.75) is 52.0 Å². The zero-order chi connectivity index (χ0) is 18.7. The highest BCUT2D eigenvalue weighted by atomic mass is 35.5. The second kappa shape index (κ2) is 12.4. The van der Waals surface area contributed by atoms with Gasteiger partial charge in [-0.1, -0.05) is 37.6 Å². The van der Waals surface area contributed by atoms with Crippen LogP contribution >= 0.6 is 11.6 Å². The molecule has 0 spiro atoms. The van der Waals surface area contributed by atoms with Crippen molar-refractivity contribution in [2.75, 3.05) is 26.4 Å². The first kappa shape index (κ1) is 22.1. The number of carbonyl (C=O) groups is 1. The fourth-order valence-corrected chi connectivity index (χ4v) is 3.34. The topological polar surface area (TPSA) is 58.6 Å². The largest absolute Gasteiger partial charge is 0.395 e. The van der Waals surface area contributed by atoms with Gasteiger partial charge in [0.2, 0.25) is 0 Å². The second-order valence-electron chi connectivity index (χ2n) is 6.20. The zero-order valence-electron chi connectivity index (χ0n) is 15.6. The minimum absolute atomic E-state index is 0.0803. The predicted molar refractivity (Wildman–Crippen MR) is 103 cm³/mol. The van der Waals surface area contributed by atoms with E-state index in [2.05, 4.69) is 5.32 Å². The number of ether oxygens (including phenoxy) is 1. The molecular formula is C20H32ClNO3. The van der Waals surface area contributed by atoms with Gasteiger partial charge in [0.05, 0.1) is 6.61 Å². The third kappa shape index (κ3) is 7.45. The van der Waals surface area contributed by atoms with Gasteiger partial charge in [-0.3, -0.25) is 4.79 Å². The number of rotatable bonds is 8. The van der Waals surface area contributed by atoms with Crippen LogP contribution in [0.3, 0.4) is 0 Å². The average molecular weight is 370 g/mol. The van der Waals surface area contributed by atoms with Crippen molar-refractivity contribution in [1.82, 2.24) is 5.32 Å². The molecule has 2 atom stereocenters. The third-order valence-electron chi connectivity index (χ3n) is 4.63. The molecule has 1 unspecified atom stereocenters.